The summed E-state index contributed by atoms with van der Waals surface area (Å²) in [5.74, 6) is -13.8. The van der Waals surface area contributed by atoms with Crippen LogP contribution in [0.1, 0.15) is 21.5 Å². The van der Waals surface area contributed by atoms with Crippen LogP contribution in [0.15, 0.2) is 42.2 Å². The highest BCUT2D eigenvalue weighted by molar-refractivity contribution is 6.15. The van der Waals surface area contributed by atoms with E-state index < -0.39 is 53.2 Å². The predicted octanol–water partition coefficient (Wildman–Crippen LogP) is 5.30. The topological polar surface area (TPSA) is 71.1 Å². The van der Waals surface area contributed by atoms with E-state index in [1.165, 1.54) is 25.3 Å². The maximum Gasteiger partial charge on any atom is 0.349 e. The summed E-state index contributed by atoms with van der Waals surface area (Å²) in [6.45, 7) is 0.399. The zero-order valence-corrected chi connectivity index (χ0v) is 18.6. The van der Waals surface area contributed by atoms with Crippen LogP contribution in [0.2, 0.25) is 0 Å². The van der Waals surface area contributed by atoms with Gasteiger partial charge in [-0.3, -0.25) is 4.79 Å². The molecule has 0 N–H and O–H groups in total. The Labute approximate surface area is 200 Å². The van der Waals surface area contributed by atoms with Crippen molar-refractivity contribution in [2.24, 2.45) is 0 Å². The Bertz CT molecular complexity index is 1390. The summed E-state index contributed by atoms with van der Waals surface area (Å²) in [4.78, 5) is 24.9. The summed E-state index contributed by atoms with van der Waals surface area (Å²) in [6.07, 6.45) is 1.52. The number of rotatable bonds is 6. The molecule has 0 saturated heterocycles. The highest BCUT2D eigenvalue weighted by atomic mass is 19.2. The molecule has 0 bridgehead atoms. The quantitative estimate of drug-likeness (QED) is 0.113. The molecule has 0 atom stereocenters. The normalized spacial score (nSPS) is 13.4. The molecule has 0 saturated carbocycles. The number of hydrogen-bond donors (Lipinski definition) is 0. The first-order chi connectivity index (χ1) is 17.1. The lowest BCUT2D eigenvalue weighted by atomic mass is 10.0. The molecule has 0 aliphatic carbocycles. The van der Waals surface area contributed by atoms with Crippen LogP contribution in [0.5, 0.6) is 23.0 Å². The first-order valence-electron chi connectivity index (χ1n) is 10.2. The molecule has 3 aromatic carbocycles. The minimum atomic E-state index is -2.36. The van der Waals surface area contributed by atoms with Gasteiger partial charge in [0.05, 0.1) is 12.7 Å². The number of carbonyl (C=O) groups is 2. The van der Waals surface area contributed by atoms with Gasteiger partial charge in [0.15, 0.2) is 18.1 Å². The van der Waals surface area contributed by atoms with Gasteiger partial charge in [0.25, 0.3) is 0 Å². The minimum absolute atomic E-state index is 0.0244. The van der Waals surface area contributed by atoms with E-state index in [9.17, 15) is 31.5 Å². The third kappa shape index (κ3) is 4.59. The van der Waals surface area contributed by atoms with E-state index in [1.54, 1.807) is 31.2 Å². The summed E-state index contributed by atoms with van der Waals surface area (Å²) >= 11 is 0. The van der Waals surface area contributed by atoms with E-state index in [-0.39, 0.29) is 22.8 Å². The maximum atomic E-state index is 13.7. The Morgan fingerprint density at radius 2 is 1.53 bits per heavy atom. The van der Waals surface area contributed by atoms with Crippen LogP contribution in [0, 0.1) is 36.0 Å². The van der Waals surface area contributed by atoms with Crippen molar-refractivity contribution in [2.45, 2.75) is 6.92 Å². The molecule has 1 heterocycles. The van der Waals surface area contributed by atoms with E-state index in [0.717, 1.165) is 0 Å². The second-order valence-corrected chi connectivity index (χ2v) is 7.49. The highest BCUT2D eigenvalue weighted by Gasteiger charge is 2.31. The smallest absolute Gasteiger partial charge is 0.349 e. The van der Waals surface area contributed by atoms with Gasteiger partial charge in [-0.05, 0) is 42.3 Å². The van der Waals surface area contributed by atoms with Gasteiger partial charge in [0.1, 0.15) is 17.2 Å². The average Bonchev–Trinajstić information content (AvgIpc) is 3.17. The zero-order chi connectivity index (χ0) is 26.1. The fraction of sp³-hybridized carbons (Fsp3) is 0.120. The number of halogens is 5. The van der Waals surface area contributed by atoms with Crippen molar-refractivity contribution in [1.29, 1.82) is 0 Å². The number of ether oxygens (including phenoxy) is 4. The van der Waals surface area contributed by atoms with Crippen LogP contribution in [-0.2, 0) is 4.79 Å². The molecule has 36 heavy (non-hydrogen) atoms. The fourth-order valence-electron chi connectivity index (χ4n) is 3.39. The third-order valence-corrected chi connectivity index (χ3v) is 5.09. The Morgan fingerprint density at radius 1 is 0.917 bits per heavy atom. The number of carbonyl (C=O) groups excluding carboxylic acids is 2. The summed E-state index contributed by atoms with van der Waals surface area (Å²) in [6, 6.07) is 9.43. The molecule has 3 aromatic rings. The molecule has 1 aliphatic rings. The molecule has 11 heteroatoms. The molecule has 4 rings (SSSR count). The number of fused-ring (bicyclic) bond motifs is 1. The Hall–Kier alpha value is -4.41. The molecule has 0 radical (unpaired) electrons. The molecule has 0 spiro atoms. The van der Waals surface area contributed by atoms with Gasteiger partial charge >= 0.3 is 5.97 Å². The van der Waals surface area contributed by atoms with Crippen LogP contribution >= 0.6 is 0 Å². The minimum Gasteiger partial charge on any atom is -0.497 e. The van der Waals surface area contributed by atoms with Crippen LogP contribution in [0.25, 0.3) is 6.08 Å². The number of aryl methyl sites for hydroxylation is 1. The fourth-order valence-corrected chi connectivity index (χ4v) is 3.39. The maximum absolute atomic E-state index is 13.7. The van der Waals surface area contributed by atoms with Gasteiger partial charge in [0.2, 0.25) is 34.9 Å². The number of allylic oxidation sites excluding steroid dienone is 1. The largest absolute Gasteiger partial charge is 0.497 e. The van der Waals surface area contributed by atoms with Crippen LogP contribution in [0.4, 0.5) is 22.0 Å². The first-order valence-corrected chi connectivity index (χ1v) is 10.2. The van der Waals surface area contributed by atoms with Crippen LogP contribution in [0.3, 0.4) is 0 Å². The molecule has 6 nitrogen and oxygen atoms in total. The lowest BCUT2D eigenvalue weighted by molar-refractivity contribution is -0.136. The highest BCUT2D eigenvalue weighted by Crippen LogP contribution is 2.38. The summed E-state index contributed by atoms with van der Waals surface area (Å²) in [5.41, 5.74) is 1.31. The third-order valence-electron chi connectivity index (χ3n) is 5.09. The van der Waals surface area contributed by atoms with Crippen molar-refractivity contribution in [3.63, 3.8) is 0 Å². The molecule has 0 fully saturated rings. The van der Waals surface area contributed by atoms with Crippen LogP contribution < -0.4 is 18.9 Å². The first kappa shape index (κ1) is 24.7. The number of ketones is 1. The van der Waals surface area contributed by atoms with Gasteiger partial charge in [-0.25, -0.2) is 18.0 Å². The van der Waals surface area contributed by atoms with Crippen molar-refractivity contribution in [2.75, 3.05) is 13.7 Å². The van der Waals surface area contributed by atoms with Crippen molar-refractivity contribution in [3.8, 4) is 23.0 Å². The van der Waals surface area contributed by atoms with Gasteiger partial charge in [0, 0.05) is 6.07 Å². The van der Waals surface area contributed by atoms with Crippen molar-refractivity contribution in [3.05, 3.63) is 87.9 Å². The van der Waals surface area contributed by atoms with E-state index in [1.807, 2.05) is 0 Å². The number of hydrogen-bond acceptors (Lipinski definition) is 6. The molecule has 1 aliphatic heterocycles. The number of benzene rings is 3. The van der Waals surface area contributed by atoms with Crippen molar-refractivity contribution in [1.82, 2.24) is 0 Å². The molecule has 0 amide bonds. The molecular formula is C25H15F5O6. The van der Waals surface area contributed by atoms with Gasteiger partial charge in [-0.2, -0.15) is 8.78 Å². The SMILES string of the molecule is COc1ccc(/C=C2\Oc3cc(OC(=O)COc4c(F)c(F)c(F)c(F)c4F)cc(C)c3C2=O)cc1. The number of methoxy groups -OCH3 is 1. The van der Waals surface area contributed by atoms with Crippen LogP contribution in [-0.4, -0.2) is 25.5 Å². The van der Waals surface area contributed by atoms with E-state index in [0.29, 0.717) is 16.9 Å². The molecule has 0 aromatic heterocycles. The zero-order valence-electron chi connectivity index (χ0n) is 18.6. The Balaban J connectivity index is 1.48. The van der Waals surface area contributed by atoms with Crippen molar-refractivity contribution >= 4 is 17.8 Å². The van der Waals surface area contributed by atoms with E-state index in [4.69, 9.17) is 14.2 Å². The Kier molecular flexibility index (Phi) is 6.65. The van der Waals surface area contributed by atoms with Crippen molar-refractivity contribution < 1.29 is 50.5 Å². The predicted molar refractivity (Wildman–Crippen MR) is 114 cm³/mol. The summed E-state index contributed by atoms with van der Waals surface area (Å²) < 4.78 is 87.3. The number of esters is 1. The van der Waals surface area contributed by atoms with Gasteiger partial charge in [-0.1, -0.05) is 12.1 Å². The second-order valence-electron chi connectivity index (χ2n) is 7.49. The molecule has 186 valence electrons. The standard InChI is InChI=1S/C25H15F5O6/c1-11-7-14(35-17(31)10-34-25-22(29)20(27)19(26)21(28)23(25)30)9-15-18(11)24(32)16(36-15)8-12-3-5-13(33-2)6-4-12/h3-9H,10H2,1-2H3/b16-8-. The second kappa shape index (κ2) is 9.68. The lowest BCUT2D eigenvalue weighted by Gasteiger charge is -2.11. The average molecular weight is 506 g/mol. The summed E-state index contributed by atoms with van der Waals surface area (Å²) in [7, 11) is 1.52. The monoisotopic (exact) mass is 506 g/mol. The molecule has 0 unspecified atom stereocenters. The molecular weight excluding hydrogens is 491 g/mol. The number of Topliss-reactive ketones (excluding diaryl/α,β-unsaturated/α-hetero) is 1. The van der Waals surface area contributed by atoms with Gasteiger partial charge < -0.3 is 18.9 Å². The summed E-state index contributed by atoms with van der Waals surface area (Å²) in [5, 5.41) is 0. The van der Waals surface area contributed by atoms with E-state index >= 15 is 0 Å². The Morgan fingerprint density at radius 3 is 2.14 bits per heavy atom. The van der Waals surface area contributed by atoms with E-state index in [2.05, 4.69) is 4.74 Å². The lowest BCUT2D eigenvalue weighted by Crippen LogP contribution is -2.19. The van der Waals surface area contributed by atoms with Gasteiger partial charge in [-0.15, -0.1) is 0 Å².